The number of carbonyl (C=O) groups is 3. The minimum atomic E-state index is -1.04. The average Bonchev–Trinajstić information content (AvgIpc) is 3.63. The summed E-state index contributed by atoms with van der Waals surface area (Å²) in [6.45, 7) is 8.09. The molecular weight excluding hydrogens is 394 g/mol. The van der Waals surface area contributed by atoms with Crippen molar-refractivity contribution in [3.63, 3.8) is 0 Å². The van der Waals surface area contributed by atoms with Crippen LogP contribution in [0.25, 0.3) is 0 Å². The van der Waals surface area contributed by atoms with Crippen LogP contribution in [-0.4, -0.2) is 39.6 Å². The highest BCUT2D eigenvalue weighted by Gasteiger charge is 2.48. The molecule has 1 aromatic rings. The molecule has 4 rings (SSSR count). The SMILES string of the molecule is C=C(CC(=O)C1CC1)C(=O)C1=C(O)C(C)(C)N(Cc2ccc(OCC3CC3)cc2)C1=O. The summed E-state index contributed by atoms with van der Waals surface area (Å²) in [5.41, 5.74) is -0.390. The summed E-state index contributed by atoms with van der Waals surface area (Å²) in [4.78, 5) is 39.5. The van der Waals surface area contributed by atoms with Crippen LogP contribution in [0.2, 0.25) is 0 Å². The largest absolute Gasteiger partial charge is 0.509 e. The van der Waals surface area contributed by atoms with Crippen molar-refractivity contribution in [2.75, 3.05) is 6.61 Å². The Morgan fingerprint density at radius 2 is 1.81 bits per heavy atom. The van der Waals surface area contributed by atoms with Crippen molar-refractivity contribution < 1.29 is 24.2 Å². The molecule has 1 N–H and O–H groups in total. The first-order valence-electron chi connectivity index (χ1n) is 10.9. The van der Waals surface area contributed by atoms with E-state index < -0.39 is 17.2 Å². The molecule has 3 aliphatic rings. The molecule has 31 heavy (non-hydrogen) atoms. The van der Waals surface area contributed by atoms with Gasteiger partial charge in [-0.3, -0.25) is 14.4 Å². The first-order chi connectivity index (χ1) is 14.7. The Balaban J connectivity index is 1.44. The summed E-state index contributed by atoms with van der Waals surface area (Å²) in [6.07, 6.45) is 4.07. The van der Waals surface area contributed by atoms with Crippen molar-refractivity contribution in [1.29, 1.82) is 0 Å². The van der Waals surface area contributed by atoms with E-state index in [-0.39, 0.29) is 41.6 Å². The summed E-state index contributed by atoms with van der Waals surface area (Å²) in [5, 5.41) is 10.7. The number of rotatable bonds is 10. The van der Waals surface area contributed by atoms with Crippen LogP contribution < -0.4 is 4.74 Å². The molecule has 0 atom stereocenters. The fraction of sp³-hybridized carbons (Fsp3) is 0.480. The summed E-state index contributed by atoms with van der Waals surface area (Å²) in [6, 6.07) is 7.51. The zero-order chi connectivity index (χ0) is 22.3. The number of allylic oxidation sites excluding steroid dienone is 1. The molecule has 0 radical (unpaired) electrons. The molecule has 2 saturated carbocycles. The van der Waals surface area contributed by atoms with Gasteiger partial charge in [0.2, 0.25) is 0 Å². The third kappa shape index (κ3) is 4.43. The van der Waals surface area contributed by atoms with E-state index in [9.17, 15) is 19.5 Å². The maximum Gasteiger partial charge on any atom is 0.262 e. The zero-order valence-corrected chi connectivity index (χ0v) is 18.1. The second kappa shape index (κ2) is 7.98. The van der Waals surface area contributed by atoms with E-state index in [1.165, 1.54) is 17.7 Å². The van der Waals surface area contributed by atoms with E-state index in [1.54, 1.807) is 13.8 Å². The lowest BCUT2D eigenvalue weighted by atomic mass is 9.96. The molecule has 0 bridgehead atoms. The van der Waals surface area contributed by atoms with Crippen LogP contribution in [0, 0.1) is 11.8 Å². The van der Waals surface area contributed by atoms with Gasteiger partial charge in [0.1, 0.15) is 22.9 Å². The van der Waals surface area contributed by atoms with Gasteiger partial charge >= 0.3 is 0 Å². The number of amides is 1. The molecule has 1 amide bonds. The van der Waals surface area contributed by atoms with Crippen LogP contribution in [0.4, 0.5) is 0 Å². The van der Waals surface area contributed by atoms with Crippen LogP contribution in [-0.2, 0) is 20.9 Å². The zero-order valence-electron chi connectivity index (χ0n) is 18.1. The number of hydrogen-bond donors (Lipinski definition) is 1. The van der Waals surface area contributed by atoms with Crippen LogP contribution >= 0.6 is 0 Å². The van der Waals surface area contributed by atoms with E-state index in [4.69, 9.17) is 4.74 Å². The van der Waals surface area contributed by atoms with Crippen molar-refractivity contribution in [1.82, 2.24) is 4.90 Å². The van der Waals surface area contributed by atoms with Gasteiger partial charge < -0.3 is 14.7 Å². The van der Waals surface area contributed by atoms with Gasteiger partial charge in [0.05, 0.1) is 12.1 Å². The summed E-state index contributed by atoms with van der Waals surface area (Å²) >= 11 is 0. The minimum absolute atomic E-state index is 0.00979. The van der Waals surface area contributed by atoms with Gasteiger partial charge in [-0.15, -0.1) is 0 Å². The number of Topliss-reactive ketones (excluding diaryl/α,β-unsaturated/α-hetero) is 2. The molecule has 6 nitrogen and oxygen atoms in total. The number of nitrogens with zero attached hydrogens (tertiary/aromatic N) is 1. The monoisotopic (exact) mass is 423 g/mol. The smallest absolute Gasteiger partial charge is 0.262 e. The number of benzene rings is 1. The predicted octanol–water partition coefficient (Wildman–Crippen LogP) is 3.90. The molecule has 1 heterocycles. The van der Waals surface area contributed by atoms with Crippen molar-refractivity contribution in [2.24, 2.45) is 11.8 Å². The fourth-order valence-corrected chi connectivity index (χ4v) is 3.79. The first kappa shape index (κ1) is 21.3. The Morgan fingerprint density at radius 3 is 2.39 bits per heavy atom. The number of aliphatic hydroxyl groups excluding tert-OH is 1. The Hall–Kier alpha value is -2.89. The number of aliphatic hydroxyl groups is 1. The third-order valence-electron chi connectivity index (χ3n) is 6.37. The van der Waals surface area contributed by atoms with Crippen LogP contribution in [0.5, 0.6) is 5.75 Å². The Kier molecular flexibility index (Phi) is 5.50. The van der Waals surface area contributed by atoms with Gasteiger partial charge in [-0.25, -0.2) is 0 Å². The molecule has 0 saturated heterocycles. The molecule has 0 unspecified atom stereocenters. The standard InChI is InChI=1S/C25H29NO5/c1-15(12-20(27)18-8-9-18)22(28)21-23(29)25(2,3)26(24(21)30)13-16-6-10-19(11-7-16)31-14-17-4-5-17/h6-7,10-11,17-18,29H,1,4-5,8-9,12-14H2,2-3H3. The Bertz CT molecular complexity index is 964. The first-order valence-corrected chi connectivity index (χ1v) is 10.9. The lowest BCUT2D eigenvalue weighted by molar-refractivity contribution is -0.131. The predicted molar refractivity (Wildman–Crippen MR) is 115 cm³/mol. The van der Waals surface area contributed by atoms with Crippen molar-refractivity contribution in [2.45, 2.75) is 58.0 Å². The van der Waals surface area contributed by atoms with Gasteiger partial charge in [0.25, 0.3) is 5.91 Å². The normalized spacial score (nSPS) is 20.2. The molecule has 1 aromatic carbocycles. The molecule has 6 heteroatoms. The van der Waals surface area contributed by atoms with E-state index in [2.05, 4.69) is 6.58 Å². The van der Waals surface area contributed by atoms with Crippen molar-refractivity contribution >= 4 is 17.5 Å². The quantitative estimate of drug-likeness (QED) is 0.456. The number of ether oxygens (including phenoxy) is 1. The number of hydrogen-bond acceptors (Lipinski definition) is 5. The van der Waals surface area contributed by atoms with E-state index >= 15 is 0 Å². The van der Waals surface area contributed by atoms with Crippen molar-refractivity contribution in [3.05, 3.63) is 53.3 Å². The summed E-state index contributed by atoms with van der Waals surface area (Å²) in [7, 11) is 0. The molecule has 1 aliphatic heterocycles. The number of carbonyl (C=O) groups excluding carboxylic acids is 3. The van der Waals surface area contributed by atoms with E-state index in [1.807, 2.05) is 24.3 Å². The third-order valence-corrected chi connectivity index (χ3v) is 6.37. The fourth-order valence-electron chi connectivity index (χ4n) is 3.79. The van der Waals surface area contributed by atoms with Crippen LogP contribution in [0.15, 0.2) is 47.7 Å². The molecule has 0 aromatic heterocycles. The summed E-state index contributed by atoms with van der Waals surface area (Å²) in [5.74, 6) is -0.0119. The minimum Gasteiger partial charge on any atom is -0.509 e. The Labute approximate surface area is 182 Å². The Morgan fingerprint density at radius 1 is 1.16 bits per heavy atom. The number of ketones is 2. The lowest BCUT2D eigenvalue weighted by Gasteiger charge is -2.32. The second-order valence-electron chi connectivity index (χ2n) is 9.42. The van der Waals surface area contributed by atoms with Crippen LogP contribution in [0.1, 0.15) is 51.5 Å². The topological polar surface area (TPSA) is 83.9 Å². The van der Waals surface area contributed by atoms with E-state index in [0.29, 0.717) is 5.92 Å². The van der Waals surface area contributed by atoms with Gasteiger partial charge in [-0.05, 0) is 63.1 Å². The van der Waals surface area contributed by atoms with E-state index in [0.717, 1.165) is 30.8 Å². The van der Waals surface area contributed by atoms with Gasteiger partial charge in [-0.2, -0.15) is 0 Å². The maximum atomic E-state index is 13.1. The molecule has 2 aliphatic carbocycles. The maximum absolute atomic E-state index is 13.1. The molecule has 164 valence electrons. The highest BCUT2D eigenvalue weighted by Crippen LogP contribution is 2.37. The molecule has 0 spiro atoms. The lowest BCUT2D eigenvalue weighted by Crippen LogP contribution is -2.43. The van der Waals surface area contributed by atoms with Gasteiger partial charge in [-0.1, -0.05) is 18.7 Å². The van der Waals surface area contributed by atoms with Gasteiger partial charge in [0, 0.05) is 24.5 Å². The molecule has 2 fully saturated rings. The van der Waals surface area contributed by atoms with Crippen molar-refractivity contribution in [3.8, 4) is 5.75 Å². The van der Waals surface area contributed by atoms with Crippen LogP contribution in [0.3, 0.4) is 0 Å². The highest BCUT2D eigenvalue weighted by molar-refractivity contribution is 6.28. The molecular formula is C25H29NO5. The average molecular weight is 424 g/mol. The second-order valence-corrected chi connectivity index (χ2v) is 9.42. The van der Waals surface area contributed by atoms with Gasteiger partial charge in [0.15, 0.2) is 5.78 Å². The summed E-state index contributed by atoms with van der Waals surface area (Å²) < 4.78 is 5.75. The highest BCUT2D eigenvalue weighted by atomic mass is 16.5.